The van der Waals surface area contributed by atoms with Crippen LogP contribution < -0.4 is 11.3 Å². The zero-order chi connectivity index (χ0) is 11.5. The van der Waals surface area contributed by atoms with E-state index in [-0.39, 0.29) is 6.04 Å². The van der Waals surface area contributed by atoms with Gasteiger partial charge >= 0.3 is 0 Å². The number of nitrogens with zero attached hydrogens (tertiary/aromatic N) is 2. The lowest BCUT2D eigenvalue weighted by molar-refractivity contribution is 0.334. The van der Waals surface area contributed by atoms with Gasteiger partial charge in [-0.2, -0.15) is 0 Å². The van der Waals surface area contributed by atoms with Crippen LogP contribution in [0, 0.1) is 12.3 Å². The number of aromatic nitrogens is 2. The second-order valence-electron chi connectivity index (χ2n) is 5.04. The molecule has 1 unspecified atom stereocenters. The summed E-state index contributed by atoms with van der Waals surface area (Å²) in [6, 6.07) is 0.184. The Balaban J connectivity index is 2.61. The molecule has 1 atom stereocenters. The molecule has 4 nitrogen and oxygen atoms in total. The third-order valence-corrected chi connectivity index (χ3v) is 3.33. The Morgan fingerprint density at radius 1 is 1.47 bits per heavy atom. The topological polar surface area (TPSA) is 63.8 Å². The smallest absolute Gasteiger partial charge is 0.0773 e. The molecular weight excluding hydrogens is 208 g/mol. The number of aryl methyl sites for hydroxylation is 1. The maximum atomic E-state index is 5.56. The van der Waals surface area contributed by atoms with E-state index in [0.29, 0.717) is 5.41 Å². The van der Waals surface area contributed by atoms with Gasteiger partial charge in [-0.05, 0) is 36.7 Å². The fourth-order valence-electron chi connectivity index (χ4n) is 1.42. The van der Waals surface area contributed by atoms with Crippen molar-refractivity contribution in [3.8, 4) is 0 Å². The van der Waals surface area contributed by atoms with Gasteiger partial charge in [0, 0.05) is 0 Å². The van der Waals surface area contributed by atoms with E-state index in [1.165, 1.54) is 11.5 Å². The van der Waals surface area contributed by atoms with Crippen molar-refractivity contribution in [1.82, 2.24) is 15.0 Å². The van der Waals surface area contributed by atoms with Crippen LogP contribution in [0.3, 0.4) is 0 Å². The third-order valence-electron chi connectivity index (χ3n) is 2.39. The molecule has 0 aliphatic rings. The lowest BCUT2D eigenvalue weighted by Gasteiger charge is -2.22. The minimum absolute atomic E-state index is 0.184. The van der Waals surface area contributed by atoms with E-state index in [0.717, 1.165) is 23.4 Å². The number of rotatable bonds is 4. The normalized spacial score (nSPS) is 14.2. The third kappa shape index (κ3) is 3.85. The largest absolute Gasteiger partial charge is 0.271 e. The molecule has 3 N–H and O–H groups in total. The number of nitrogens with two attached hydrogens (primary N) is 1. The average molecular weight is 228 g/mol. The van der Waals surface area contributed by atoms with Crippen molar-refractivity contribution in [2.24, 2.45) is 11.3 Å². The van der Waals surface area contributed by atoms with Crippen LogP contribution in [-0.2, 0) is 0 Å². The highest BCUT2D eigenvalue weighted by Crippen LogP contribution is 2.29. The van der Waals surface area contributed by atoms with Crippen molar-refractivity contribution < 1.29 is 0 Å². The van der Waals surface area contributed by atoms with Gasteiger partial charge in [0.25, 0.3) is 0 Å². The number of nitrogens with one attached hydrogen (secondary N) is 1. The van der Waals surface area contributed by atoms with Gasteiger partial charge in [0.1, 0.15) is 0 Å². The van der Waals surface area contributed by atoms with E-state index in [2.05, 4.69) is 35.8 Å². The molecule has 0 bridgehead atoms. The Morgan fingerprint density at radius 2 is 2.13 bits per heavy atom. The number of hydrogen-bond acceptors (Lipinski definition) is 5. The molecule has 0 saturated heterocycles. The Kier molecular flexibility index (Phi) is 4.19. The van der Waals surface area contributed by atoms with Crippen molar-refractivity contribution in [3.63, 3.8) is 0 Å². The zero-order valence-electron chi connectivity index (χ0n) is 9.87. The first-order valence-electron chi connectivity index (χ1n) is 5.19. The van der Waals surface area contributed by atoms with Crippen LogP contribution in [0.15, 0.2) is 0 Å². The second kappa shape index (κ2) is 5.01. The van der Waals surface area contributed by atoms with Crippen molar-refractivity contribution in [1.29, 1.82) is 0 Å². The van der Waals surface area contributed by atoms with Crippen molar-refractivity contribution >= 4 is 11.5 Å². The molecule has 1 rings (SSSR count). The van der Waals surface area contributed by atoms with Crippen molar-refractivity contribution in [2.45, 2.75) is 46.6 Å². The average Bonchev–Trinajstić information content (AvgIpc) is 2.52. The minimum atomic E-state index is 0.184. The first kappa shape index (κ1) is 12.5. The molecule has 0 amide bonds. The highest BCUT2D eigenvalue weighted by atomic mass is 32.1. The Labute approximate surface area is 95.4 Å². The summed E-state index contributed by atoms with van der Waals surface area (Å²) in [6.45, 7) is 8.68. The van der Waals surface area contributed by atoms with E-state index in [1.807, 2.05) is 6.92 Å². The van der Waals surface area contributed by atoms with Gasteiger partial charge in [0.15, 0.2) is 0 Å². The Bertz CT molecular complexity index is 303. The second-order valence-corrected chi connectivity index (χ2v) is 5.83. The predicted octanol–water partition coefficient (Wildman–Crippen LogP) is 2.18. The van der Waals surface area contributed by atoms with E-state index in [9.17, 15) is 0 Å². The van der Waals surface area contributed by atoms with Gasteiger partial charge in [-0.3, -0.25) is 11.3 Å². The minimum Gasteiger partial charge on any atom is -0.271 e. The van der Waals surface area contributed by atoms with Gasteiger partial charge < -0.3 is 0 Å². The fourth-order valence-corrected chi connectivity index (χ4v) is 2.16. The lowest BCUT2D eigenvalue weighted by Crippen LogP contribution is -2.28. The highest BCUT2D eigenvalue weighted by molar-refractivity contribution is 7.05. The summed E-state index contributed by atoms with van der Waals surface area (Å²) in [5.41, 5.74) is 4.17. The molecule has 0 spiro atoms. The molecule has 0 radical (unpaired) electrons. The summed E-state index contributed by atoms with van der Waals surface area (Å²) >= 11 is 1.43. The molecule has 0 aromatic carbocycles. The van der Waals surface area contributed by atoms with Crippen LogP contribution in [-0.4, -0.2) is 9.59 Å². The Morgan fingerprint density at radius 3 is 2.53 bits per heavy atom. The van der Waals surface area contributed by atoms with Crippen LogP contribution in [0.4, 0.5) is 0 Å². The maximum absolute atomic E-state index is 5.56. The molecule has 1 heterocycles. The summed E-state index contributed by atoms with van der Waals surface area (Å²) in [6.07, 6.45) is 2.14. The molecule has 0 aliphatic heterocycles. The standard InChI is InChI=1S/C10H20N4S/c1-7-9(15-14-13-7)8(12-11)5-6-10(2,3)4/h8,12H,5-6,11H2,1-4H3. The summed E-state index contributed by atoms with van der Waals surface area (Å²) in [4.78, 5) is 1.15. The van der Waals surface area contributed by atoms with Gasteiger partial charge in [0.05, 0.1) is 16.6 Å². The molecule has 15 heavy (non-hydrogen) atoms. The monoisotopic (exact) mass is 228 g/mol. The molecular formula is C10H20N4S. The summed E-state index contributed by atoms with van der Waals surface area (Å²) in [7, 11) is 0. The van der Waals surface area contributed by atoms with E-state index in [4.69, 9.17) is 5.84 Å². The SMILES string of the molecule is Cc1nnsc1C(CCC(C)(C)C)NN. The van der Waals surface area contributed by atoms with Gasteiger partial charge in [-0.25, -0.2) is 0 Å². The molecule has 0 saturated carbocycles. The first-order chi connectivity index (χ1) is 6.94. The summed E-state index contributed by atoms with van der Waals surface area (Å²) in [5, 5.41) is 4.00. The van der Waals surface area contributed by atoms with Crippen LogP contribution >= 0.6 is 11.5 Å². The van der Waals surface area contributed by atoms with Gasteiger partial charge in [-0.15, -0.1) is 5.10 Å². The van der Waals surface area contributed by atoms with E-state index in [1.54, 1.807) is 0 Å². The van der Waals surface area contributed by atoms with Crippen LogP contribution in [0.1, 0.15) is 50.2 Å². The molecule has 5 heteroatoms. The summed E-state index contributed by atoms with van der Waals surface area (Å²) in [5.74, 6) is 5.56. The van der Waals surface area contributed by atoms with Crippen molar-refractivity contribution in [2.75, 3.05) is 0 Å². The lowest BCUT2D eigenvalue weighted by atomic mass is 9.88. The van der Waals surface area contributed by atoms with Crippen LogP contribution in [0.2, 0.25) is 0 Å². The number of hydrazine groups is 1. The summed E-state index contributed by atoms with van der Waals surface area (Å²) < 4.78 is 3.93. The van der Waals surface area contributed by atoms with Crippen LogP contribution in [0.5, 0.6) is 0 Å². The van der Waals surface area contributed by atoms with Gasteiger partial charge in [-0.1, -0.05) is 25.3 Å². The van der Waals surface area contributed by atoms with E-state index < -0.39 is 0 Å². The van der Waals surface area contributed by atoms with E-state index >= 15 is 0 Å². The van der Waals surface area contributed by atoms with Gasteiger partial charge in [0.2, 0.25) is 0 Å². The molecule has 1 aromatic heterocycles. The quantitative estimate of drug-likeness (QED) is 0.612. The molecule has 0 fully saturated rings. The fraction of sp³-hybridized carbons (Fsp3) is 0.800. The highest BCUT2D eigenvalue weighted by Gasteiger charge is 2.19. The first-order valence-corrected chi connectivity index (χ1v) is 5.96. The van der Waals surface area contributed by atoms with Crippen LogP contribution in [0.25, 0.3) is 0 Å². The zero-order valence-corrected chi connectivity index (χ0v) is 10.7. The molecule has 1 aromatic rings. The number of hydrogen-bond donors (Lipinski definition) is 2. The molecule has 0 aliphatic carbocycles. The Hall–Kier alpha value is -0.520. The molecule has 86 valence electrons. The van der Waals surface area contributed by atoms with Crippen molar-refractivity contribution in [3.05, 3.63) is 10.6 Å². The maximum Gasteiger partial charge on any atom is 0.0773 e. The predicted molar refractivity (Wildman–Crippen MR) is 63.4 cm³/mol.